The molecule has 17 heavy (non-hydrogen) atoms. The molecule has 0 bridgehead atoms. The predicted molar refractivity (Wildman–Crippen MR) is 73.7 cm³/mol. The van der Waals surface area contributed by atoms with Crippen LogP contribution in [0.3, 0.4) is 0 Å². The number of anilines is 1. The minimum Gasteiger partial charge on any atom is -0.369 e. The van der Waals surface area contributed by atoms with E-state index in [9.17, 15) is 0 Å². The number of para-hydroxylation sites is 1. The van der Waals surface area contributed by atoms with Gasteiger partial charge in [0.05, 0.1) is 22.7 Å². The third-order valence-electron chi connectivity index (χ3n) is 2.63. The summed E-state index contributed by atoms with van der Waals surface area (Å²) in [6.45, 7) is 5.42. The zero-order valence-electron chi connectivity index (χ0n) is 10.1. The fourth-order valence-corrected chi connectivity index (χ4v) is 2.30. The molecule has 0 N–H and O–H groups in total. The largest absolute Gasteiger partial charge is 0.369 e. The summed E-state index contributed by atoms with van der Waals surface area (Å²) in [4.78, 5) is 2.11. The van der Waals surface area contributed by atoms with Crippen LogP contribution in [0.5, 0.6) is 0 Å². The Kier molecular flexibility index (Phi) is 5.61. The number of nitrogens with zero attached hydrogens (tertiary/aromatic N) is 2. The molecule has 0 radical (unpaired) electrons. The first-order chi connectivity index (χ1) is 8.13. The summed E-state index contributed by atoms with van der Waals surface area (Å²) < 4.78 is 0. The smallest absolute Gasteiger partial charge is 0.0671 e. The molecule has 0 aliphatic rings. The van der Waals surface area contributed by atoms with E-state index in [-0.39, 0.29) is 5.92 Å². The van der Waals surface area contributed by atoms with Crippen molar-refractivity contribution in [1.82, 2.24) is 0 Å². The van der Waals surface area contributed by atoms with Gasteiger partial charge in [0.2, 0.25) is 0 Å². The minimum atomic E-state index is -0.0330. The van der Waals surface area contributed by atoms with Gasteiger partial charge in [-0.3, -0.25) is 0 Å². The molecule has 92 valence electrons. The van der Waals surface area contributed by atoms with E-state index in [1.54, 1.807) is 0 Å². The van der Waals surface area contributed by atoms with Crippen LogP contribution in [0.4, 0.5) is 5.69 Å². The second-order valence-electron chi connectivity index (χ2n) is 3.95. The molecule has 0 aliphatic heterocycles. The zero-order valence-corrected chi connectivity index (χ0v) is 11.6. The number of hydrogen-bond acceptors (Lipinski definition) is 2. The van der Waals surface area contributed by atoms with Gasteiger partial charge in [-0.25, -0.2) is 0 Å². The number of rotatable bonds is 5. The Balaban J connectivity index is 3.07. The third-order valence-corrected chi connectivity index (χ3v) is 3.22. The molecule has 0 saturated heterocycles. The monoisotopic (exact) mass is 270 g/mol. The Morgan fingerprint density at radius 1 is 1.47 bits per heavy atom. The van der Waals surface area contributed by atoms with E-state index in [0.717, 1.165) is 17.8 Å². The quantitative estimate of drug-likeness (QED) is 0.755. The highest BCUT2D eigenvalue weighted by Crippen LogP contribution is 2.31. The van der Waals surface area contributed by atoms with Crippen molar-refractivity contribution < 1.29 is 0 Å². The van der Waals surface area contributed by atoms with Gasteiger partial charge in [-0.1, -0.05) is 23.7 Å². The van der Waals surface area contributed by atoms with Crippen molar-refractivity contribution in [2.75, 3.05) is 18.0 Å². The first-order valence-corrected chi connectivity index (χ1v) is 6.53. The topological polar surface area (TPSA) is 27.0 Å². The lowest BCUT2D eigenvalue weighted by Crippen LogP contribution is -2.28. The second-order valence-corrected chi connectivity index (χ2v) is 4.62. The van der Waals surface area contributed by atoms with Crippen molar-refractivity contribution in [2.45, 2.75) is 19.7 Å². The molecule has 0 saturated carbocycles. The van der Waals surface area contributed by atoms with Gasteiger partial charge in [-0.2, -0.15) is 5.26 Å². The fourth-order valence-electron chi connectivity index (χ4n) is 1.77. The lowest BCUT2D eigenvalue weighted by atomic mass is 10.1. The summed E-state index contributed by atoms with van der Waals surface area (Å²) in [5.74, 6) is 0.391. The third kappa shape index (κ3) is 3.52. The molecular weight excluding hydrogens is 255 g/mol. The highest BCUT2D eigenvalue weighted by atomic mass is 35.5. The Morgan fingerprint density at radius 3 is 2.71 bits per heavy atom. The molecule has 0 aromatic heterocycles. The van der Waals surface area contributed by atoms with Gasteiger partial charge in [0.1, 0.15) is 0 Å². The summed E-state index contributed by atoms with van der Waals surface area (Å²) >= 11 is 12.2. The van der Waals surface area contributed by atoms with Gasteiger partial charge in [-0.15, -0.1) is 11.6 Å². The lowest BCUT2D eigenvalue weighted by Gasteiger charge is -2.27. The number of alkyl halides is 1. The average Bonchev–Trinajstić information content (AvgIpc) is 2.35. The van der Waals surface area contributed by atoms with Crippen LogP contribution in [0.25, 0.3) is 0 Å². The molecule has 0 aliphatic carbocycles. The molecule has 0 spiro atoms. The number of halogens is 2. The second kappa shape index (κ2) is 6.74. The van der Waals surface area contributed by atoms with Crippen molar-refractivity contribution in [2.24, 2.45) is 5.92 Å². The van der Waals surface area contributed by atoms with Gasteiger partial charge in [0, 0.05) is 19.0 Å². The number of nitriles is 1. The van der Waals surface area contributed by atoms with Crippen molar-refractivity contribution in [3.8, 4) is 6.07 Å². The van der Waals surface area contributed by atoms with Crippen LogP contribution in [-0.2, 0) is 5.88 Å². The minimum absolute atomic E-state index is 0.0330. The maximum atomic E-state index is 8.89. The Bertz CT molecular complexity index is 412. The summed E-state index contributed by atoms with van der Waals surface area (Å²) in [5, 5.41) is 9.58. The maximum Gasteiger partial charge on any atom is 0.0671 e. The molecule has 0 fully saturated rings. The Labute approximate surface area is 113 Å². The van der Waals surface area contributed by atoms with Gasteiger partial charge in [-0.05, 0) is 25.5 Å². The molecule has 2 nitrogen and oxygen atoms in total. The van der Waals surface area contributed by atoms with Gasteiger partial charge in [0.25, 0.3) is 0 Å². The van der Waals surface area contributed by atoms with Gasteiger partial charge >= 0.3 is 0 Å². The van der Waals surface area contributed by atoms with Crippen molar-refractivity contribution in [1.29, 1.82) is 5.26 Å². The molecule has 1 aromatic carbocycles. The summed E-state index contributed by atoms with van der Waals surface area (Å²) in [5.41, 5.74) is 1.96. The molecule has 1 unspecified atom stereocenters. The average molecular weight is 271 g/mol. The fraction of sp³-hybridized carbons (Fsp3) is 0.462. The molecular formula is C13H16Cl2N2. The van der Waals surface area contributed by atoms with Crippen LogP contribution in [0.15, 0.2) is 18.2 Å². The normalized spacial score (nSPS) is 11.9. The molecule has 0 heterocycles. The van der Waals surface area contributed by atoms with Crippen LogP contribution < -0.4 is 4.90 Å². The molecule has 0 amide bonds. The van der Waals surface area contributed by atoms with Crippen LogP contribution in [0, 0.1) is 17.2 Å². The highest BCUT2D eigenvalue weighted by Gasteiger charge is 2.15. The van der Waals surface area contributed by atoms with E-state index in [1.807, 2.05) is 32.0 Å². The summed E-state index contributed by atoms with van der Waals surface area (Å²) in [6, 6.07) is 7.95. The van der Waals surface area contributed by atoms with Crippen LogP contribution in [0.1, 0.15) is 19.4 Å². The van der Waals surface area contributed by atoms with E-state index in [2.05, 4.69) is 11.0 Å². The Hall–Kier alpha value is -0.910. The molecule has 1 rings (SSSR count). The lowest BCUT2D eigenvalue weighted by molar-refractivity contribution is 0.685. The Morgan fingerprint density at radius 2 is 2.18 bits per heavy atom. The number of benzene rings is 1. The highest BCUT2D eigenvalue weighted by molar-refractivity contribution is 6.33. The van der Waals surface area contributed by atoms with Crippen molar-refractivity contribution in [3.63, 3.8) is 0 Å². The van der Waals surface area contributed by atoms with Crippen LogP contribution in [0.2, 0.25) is 5.02 Å². The molecule has 1 aromatic rings. The van der Waals surface area contributed by atoms with Gasteiger partial charge < -0.3 is 4.90 Å². The van der Waals surface area contributed by atoms with Crippen LogP contribution >= 0.6 is 23.2 Å². The van der Waals surface area contributed by atoms with Crippen LogP contribution in [-0.4, -0.2) is 13.1 Å². The predicted octanol–water partition coefficient (Wildman–Crippen LogP) is 4.06. The van der Waals surface area contributed by atoms with E-state index in [4.69, 9.17) is 28.5 Å². The first-order valence-electron chi connectivity index (χ1n) is 5.61. The summed E-state index contributed by atoms with van der Waals surface area (Å²) in [6.07, 6.45) is 0. The maximum absolute atomic E-state index is 8.89. The van der Waals surface area contributed by atoms with Crippen molar-refractivity contribution >= 4 is 28.9 Å². The summed E-state index contributed by atoms with van der Waals surface area (Å²) in [7, 11) is 0. The molecule has 4 heteroatoms. The van der Waals surface area contributed by atoms with E-state index < -0.39 is 0 Å². The first kappa shape index (κ1) is 14.2. The van der Waals surface area contributed by atoms with Crippen molar-refractivity contribution in [3.05, 3.63) is 28.8 Å². The standard InChI is InChI=1S/C13H16Cl2N2/c1-3-17(9-10(2)8-16)13-11(7-14)5-4-6-12(13)15/h4-6,10H,3,7,9H2,1-2H3. The SMILES string of the molecule is CCN(CC(C)C#N)c1c(Cl)cccc1CCl. The molecule has 1 atom stereocenters. The zero-order chi connectivity index (χ0) is 12.8. The van der Waals surface area contributed by atoms with E-state index in [1.165, 1.54) is 0 Å². The number of hydrogen-bond donors (Lipinski definition) is 0. The van der Waals surface area contributed by atoms with E-state index >= 15 is 0 Å². The van der Waals surface area contributed by atoms with Gasteiger partial charge in [0.15, 0.2) is 0 Å². The van der Waals surface area contributed by atoms with E-state index in [0.29, 0.717) is 17.4 Å².